The van der Waals surface area contributed by atoms with Crippen molar-refractivity contribution >= 4 is 38.4 Å². The predicted molar refractivity (Wildman–Crippen MR) is 78.7 cm³/mol. The van der Waals surface area contributed by atoms with Crippen LogP contribution in [0.1, 0.15) is 0 Å². The second-order valence-corrected chi connectivity index (χ2v) is 5.08. The number of nitrogens with zero attached hydrogens (tertiary/aromatic N) is 1. The molecule has 0 aliphatic rings. The molecule has 0 unspecified atom stereocenters. The van der Waals surface area contributed by atoms with Crippen LogP contribution in [0, 0.1) is 5.82 Å². The summed E-state index contributed by atoms with van der Waals surface area (Å²) in [6.45, 7) is 0. The molecule has 1 aromatic heterocycles. The zero-order chi connectivity index (χ0) is 13.9. The standard InChI is InChI=1S/C14H10FN3OS/c15-9-5-1-2-6-10(9)16-13(19)18-14-17-11-7-3-4-8-12(11)20-14/h1-8H,(H2,16,17,18,19). The van der Waals surface area contributed by atoms with Gasteiger partial charge in [0.2, 0.25) is 0 Å². The number of urea groups is 1. The molecule has 4 nitrogen and oxygen atoms in total. The number of halogens is 1. The van der Waals surface area contributed by atoms with Gasteiger partial charge >= 0.3 is 6.03 Å². The number of aromatic nitrogens is 1. The molecule has 3 rings (SSSR count). The number of thiazole rings is 1. The number of amides is 2. The van der Waals surface area contributed by atoms with Crippen molar-refractivity contribution in [1.82, 2.24) is 4.98 Å². The van der Waals surface area contributed by atoms with E-state index < -0.39 is 11.8 Å². The van der Waals surface area contributed by atoms with Crippen LogP contribution in [0.4, 0.5) is 20.0 Å². The molecule has 0 bridgehead atoms. The summed E-state index contributed by atoms with van der Waals surface area (Å²) in [4.78, 5) is 16.1. The van der Waals surface area contributed by atoms with E-state index in [1.54, 1.807) is 12.1 Å². The van der Waals surface area contributed by atoms with E-state index in [0.29, 0.717) is 5.13 Å². The number of anilines is 2. The van der Waals surface area contributed by atoms with E-state index in [1.165, 1.54) is 23.5 Å². The van der Waals surface area contributed by atoms with E-state index in [0.717, 1.165) is 10.2 Å². The highest BCUT2D eigenvalue weighted by molar-refractivity contribution is 7.22. The molecule has 6 heteroatoms. The highest BCUT2D eigenvalue weighted by Crippen LogP contribution is 2.25. The fraction of sp³-hybridized carbons (Fsp3) is 0. The van der Waals surface area contributed by atoms with Crippen molar-refractivity contribution in [2.75, 3.05) is 10.6 Å². The first-order chi connectivity index (χ1) is 9.72. The average Bonchev–Trinajstić information content (AvgIpc) is 2.83. The number of carbonyl (C=O) groups is 1. The lowest BCUT2D eigenvalue weighted by Crippen LogP contribution is -2.19. The summed E-state index contributed by atoms with van der Waals surface area (Å²) in [6.07, 6.45) is 0. The van der Waals surface area contributed by atoms with Gasteiger partial charge in [-0.05, 0) is 24.3 Å². The van der Waals surface area contributed by atoms with Crippen LogP contribution in [0.2, 0.25) is 0 Å². The minimum Gasteiger partial charge on any atom is -0.305 e. The van der Waals surface area contributed by atoms with E-state index in [4.69, 9.17) is 0 Å². The van der Waals surface area contributed by atoms with Crippen LogP contribution < -0.4 is 10.6 Å². The molecule has 2 aromatic carbocycles. The van der Waals surface area contributed by atoms with Crippen molar-refractivity contribution in [2.24, 2.45) is 0 Å². The van der Waals surface area contributed by atoms with Crippen molar-refractivity contribution < 1.29 is 9.18 Å². The van der Waals surface area contributed by atoms with Gasteiger partial charge in [-0.25, -0.2) is 14.2 Å². The van der Waals surface area contributed by atoms with Crippen molar-refractivity contribution in [3.8, 4) is 0 Å². The molecule has 2 amide bonds. The van der Waals surface area contributed by atoms with Gasteiger partial charge in [0, 0.05) is 0 Å². The van der Waals surface area contributed by atoms with Crippen LogP contribution in [0.5, 0.6) is 0 Å². The number of benzene rings is 2. The Labute approximate surface area is 118 Å². The quantitative estimate of drug-likeness (QED) is 0.746. The highest BCUT2D eigenvalue weighted by Gasteiger charge is 2.09. The molecule has 0 atom stereocenters. The van der Waals surface area contributed by atoms with Gasteiger partial charge in [-0.2, -0.15) is 0 Å². The number of rotatable bonds is 2. The molecule has 20 heavy (non-hydrogen) atoms. The topological polar surface area (TPSA) is 54.0 Å². The van der Waals surface area contributed by atoms with Gasteiger partial charge in [-0.1, -0.05) is 35.6 Å². The van der Waals surface area contributed by atoms with Gasteiger partial charge in [0.1, 0.15) is 5.82 Å². The number of fused-ring (bicyclic) bond motifs is 1. The van der Waals surface area contributed by atoms with Gasteiger partial charge in [-0.15, -0.1) is 0 Å². The van der Waals surface area contributed by atoms with Crippen molar-refractivity contribution in [3.63, 3.8) is 0 Å². The summed E-state index contributed by atoms with van der Waals surface area (Å²) in [7, 11) is 0. The summed E-state index contributed by atoms with van der Waals surface area (Å²) in [5.74, 6) is -0.480. The van der Waals surface area contributed by atoms with Crippen LogP contribution in [-0.2, 0) is 0 Å². The maximum absolute atomic E-state index is 13.4. The number of hydrogen-bond donors (Lipinski definition) is 2. The fourth-order valence-corrected chi connectivity index (χ4v) is 2.60. The first-order valence-corrected chi connectivity index (χ1v) is 6.72. The molecule has 2 N–H and O–H groups in total. The lowest BCUT2D eigenvalue weighted by molar-refractivity contribution is 0.262. The third kappa shape index (κ3) is 2.60. The smallest absolute Gasteiger partial charge is 0.305 e. The third-order valence-corrected chi connectivity index (χ3v) is 3.59. The lowest BCUT2D eigenvalue weighted by Gasteiger charge is -2.05. The van der Waals surface area contributed by atoms with Crippen molar-refractivity contribution in [1.29, 1.82) is 0 Å². The van der Waals surface area contributed by atoms with Gasteiger partial charge in [0.25, 0.3) is 0 Å². The monoisotopic (exact) mass is 287 g/mol. The number of carbonyl (C=O) groups excluding carboxylic acids is 1. The van der Waals surface area contributed by atoms with Crippen molar-refractivity contribution in [2.45, 2.75) is 0 Å². The molecule has 0 aliphatic heterocycles. The van der Waals surface area contributed by atoms with Crippen LogP contribution in [0.25, 0.3) is 10.2 Å². The third-order valence-electron chi connectivity index (χ3n) is 2.64. The van der Waals surface area contributed by atoms with Crippen molar-refractivity contribution in [3.05, 3.63) is 54.3 Å². The maximum atomic E-state index is 13.4. The maximum Gasteiger partial charge on any atom is 0.325 e. The Hall–Kier alpha value is -2.47. The summed E-state index contributed by atoms with van der Waals surface area (Å²) >= 11 is 1.36. The Morgan fingerprint density at radius 1 is 1.05 bits per heavy atom. The molecular formula is C14H10FN3OS. The van der Waals surface area contributed by atoms with Gasteiger partial charge in [0.15, 0.2) is 5.13 Å². The van der Waals surface area contributed by atoms with Crippen LogP contribution in [-0.4, -0.2) is 11.0 Å². The zero-order valence-corrected chi connectivity index (χ0v) is 11.1. The van der Waals surface area contributed by atoms with Crippen LogP contribution in [0.15, 0.2) is 48.5 Å². The Bertz CT molecular complexity index is 739. The average molecular weight is 287 g/mol. The summed E-state index contributed by atoms with van der Waals surface area (Å²) in [5.41, 5.74) is 0.949. The van der Waals surface area contributed by atoms with Crippen LogP contribution in [0.3, 0.4) is 0 Å². The zero-order valence-electron chi connectivity index (χ0n) is 10.3. The summed E-state index contributed by atoms with van der Waals surface area (Å²) < 4.78 is 14.4. The second-order valence-electron chi connectivity index (χ2n) is 4.05. The normalized spacial score (nSPS) is 10.4. The molecule has 0 spiro atoms. The Balaban J connectivity index is 1.74. The SMILES string of the molecule is O=C(Nc1nc2ccccc2s1)Nc1ccccc1F. The molecule has 0 fully saturated rings. The Morgan fingerprint density at radius 2 is 1.80 bits per heavy atom. The van der Waals surface area contributed by atoms with Gasteiger partial charge < -0.3 is 5.32 Å². The Morgan fingerprint density at radius 3 is 2.60 bits per heavy atom. The number of nitrogens with one attached hydrogen (secondary N) is 2. The molecule has 100 valence electrons. The van der Waals surface area contributed by atoms with Gasteiger partial charge in [0.05, 0.1) is 15.9 Å². The molecular weight excluding hydrogens is 277 g/mol. The molecule has 0 saturated heterocycles. The first kappa shape index (κ1) is 12.6. The van der Waals surface area contributed by atoms with E-state index in [9.17, 15) is 9.18 Å². The van der Waals surface area contributed by atoms with Gasteiger partial charge in [-0.3, -0.25) is 5.32 Å². The molecule has 0 radical (unpaired) electrons. The predicted octanol–water partition coefficient (Wildman–Crippen LogP) is 4.08. The van der Waals surface area contributed by atoms with E-state index >= 15 is 0 Å². The summed E-state index contributed by atoms with van der Waals surface area (Å²) in [6, 6.07) is 13.0. The Kier molecular flexibility index (Phi) is 3.30. The molecule has 3 aromatic rings. The summed E-state index contributed by atoms with van der Waals surface area (Å²) in [5, 5.41) is 5.51. The first-order valence-electron chi connectivity index (χ1n) is 5.90. The minimum atomic E-state index is -0.519. The molecule has 0 saturated carbocycles. The number of hydrogen-bond acceptors (Lipinski definition) is 3. The van der Waals surface area contributed by atoms with Crippen LogP contribution >= 0.6 is 11.3 Å². The van der Waals surface area contributed by atoms with E-state index in [2.05, 4.69) is 15.6 Å². The fourth-order valence-electron chi connectivity index (χ4n) is 1.74. The number of para-hydroxylation sites is 2. The molecule has 0 aliphatic carbocycles. The largest absolute Gasteiger partial charge is 0.325 e. The van der Waals surface area contributed by atoms with E-state index in [-0.39, 0.29) is 5.69 Å². The second kappa shape index (κ2) is 5.26. The van der Waals surface area contributed by atoms with E-state index in [1.807, 2.05) is 24.3 Å². The minimum absolute atomic E-state index is 0.131. The molecule has 1 heterocycles. The highest BCUT2D eigenvalue weighted by atomic mass is 32.1. The lowest BCUT2D eigenvalue weighted by atomic mass is 10.3.